The molecule has 0 radical (unpaired) electrons. The van der Waals surface area contributed by atoms with E-state index >= 15 is 0 Å². The second-order valence-corrected chi connectivity index (χ2v) is 5.19. The summed E-state index contributed by atoms with van der Waals surface area (Å²) < 4.78 is 7.52. The van der Waals surface area contributed by atoms with Gasteiger partial charge in [-0.1, -0.05) is 36.4 Å². The Hall–Kier alpha value is -2.76. The van der Waals surface area contributed by atoms with Crippen LogP contribution in [0.25, 0.3) is 0 Å². The Labute approximate surface area is 126 Å². The second-order valence-electron chi connectivity index (χ2n) is 5.19. The summed E-state index contributed by atoms with van der Waals surface area (Å²) in [6, 6.07) is 7.59. The van der Waals surface area contributed by atoms with Gasteiger partial charge >= 0.3 is 11.4 Å². The van der Waals surface area contributed by atoms with Crippen molar-refractivity contribution in [3.63, 3.8) is 0 Å². The molecule has 1 heterocycles. The van der Waals surface area contributed by atoms with Crippen molar-refractivity contribution in [2.24, 2.45) is 7.05 Å². The van der Waals surface area contributed by atoms with Crippen molar-refractivity contribution in [2.45, 2.75) is 12.0 Å². The third-order valence-corrected chi connectivity index (χ3v) is 3.84. The van der Waals surface area contributed by atoms with E-state index in [1.165, 1.54) is 11.7 Å². The molecule has 0 bridgehead atoms. The fraction of sp³-hybridized carbons (Fsp3) is 0.250. The van der Waals surface area contributed by atoms with Crippen LogP contribution in [-0.4, -0.2) is 21.5 Å². The van der Waals surface area contributed by atoms with Gasteiger partial charge in [0.2, 0.25) is 0 Å². The number of aromatic nitrogens is 3. The van der Waals surface area contributed by atoms with Crippen LogP contribution < -0.4 is 16.1 Å². The van der Waals surface area contributed by atoms with Gasteiger partial charge in [-0.15, -0.1) is 0 Å². The minimum absolute atomic E-state index is 0.147. The molecule has 1 aliphatic carbocycles. The lowest BCUT2D eigenvalue weighted by molar-refractivity contribution is 0.414. The van der Waals surface area contributed by atoms with E-state index in [-0.39, 0.29) is 17.6 Å². The largest absolute Gasteiger partial charge is 0.497 e. The Kier molecular flexibility index (Phi) is 3.58. The number of aromatic amines is 1. The Morgan fingerprint density at radius 1 is 1.05 bits per heavy atom. The molecular weight excluding hydrogens is 282 g/mol. The van der Waals surface area contributed by atoms with Gasteiger partial charge < -0.3 is 4.74 Å². The van der Waals surface area contributed by atoms with E-state index < -0.39 is 5.69 Å². The quantitative estimate of drug-likeness (QED) is 0.869. The number of nitrogens with zero attached hydrogens (tertiary/aromatic N) is 2. The molecule has 0 saturated carbocycles. The smallest absolute Gasteiger partial charge is 0.347 e. The summed E-state index contributed by atoms with van der Waals surface area (Å²) in [6.45, 7) is 0. The lowest BCUT2D eigenvalue weighted by Gasteiger charge is -2.17. The van der Waals surface area contributed by atoms with Crippen molar-refractivity contribution in [2.75, 3.05) is 7.11 Å². The topological polar surface area (TPSA) is 69.0 Å². The molecule has 0 saturated heterocycles. The van der Waals surface area contributed by atoms with Crippen molar-refractivity contribution in [1.82, 2.24) is 14.3 Å². The Balaban J connectivity index is 1.82. The summed E-state index contributed by atoms with van der Waals surface area (Å²) in [5, 5.41) is 2.54. The number of allylic oxidation sites excluding steroid dienone is 4. The van der Waals surface area contributed by atoms with Gasteiger partial charge in [-0.25, -0.2) is 23.9 Å². The van der Waals surface area contributed by atoms with Crippen LogP contribution in [0.1, 0.15) is 17.5 Å². The van der Waals surface area contributed by atoms with Crippen molar-refractivity contribution in [3.05, 3.63) is 75.1 Å². The van der Waals surface area contributed by atoms with E-state index in [1.54, 1.807) is 7.11 Å². The first kappa shape index (κ1) is 14.2. The predicted molar refractivity (Wildman–Crippen MR) is 83.3 cm³/mol. The minimum atomic E-state index is -0.413. The van der Waals surface area contributed by atoms with Crippen LogP contribution in [0.3, 0.4) is 0 Å². The molecule has 3 rings (SSSR count). The normalized spacial score (nSPS) is 20.3. The molecule has 0 unspecified atom stereocenters. The van der Waals surface area contributed by atoms with Gasteiger partial charge in [-0.2, -0.15) is 0 Å². The third-order valence-electron chi connectivity index (χ3n) is 3.84. The highest BCUT2D eigenvalue weighted by Crippen LogP contribution is 2.27. The molecule has 1 aromatic heterocycles. The Morgan fingerprint density at radius 2 is 1.68 bits per heavy atom. The van der Waals surface area contributed by atoms with Crippen LogP contribution >= 0.6 is 0 Å². The van der Waals surface area contributed by atoms with Gasteiger partial charge in [-0.05, 0) is 17.7 Å². The van der Waals surface area contributed by atoms with Crippen LogP contribution in [0, 0.1) is 0 Å². The maximum atomic E-state index is 11.9. The maximum absolute atomic E-state index is 11.9. The molecular formula is C16H17N3O3. The average molecular weight is 299 g/mol. The molecule has 1 aromatic carbocycles. The van der Waals surface area contributed by atoms with Gasteiger partial charge in [0, 0.05) is 13.0 Å². The van der Waals surface area contributed by atoms with E-state index in [1.807, 2.05) is 48.6 Å². The highest BCUT2D eigenvalue weighted by molar-refractivity contribution is 5.36. The lowest BCUT2D eigenvalue weighted by atomic mass is 9.93. The second kappa shape index (κ2) is 5.55. The highest BCUT2D eigenvalue weighted by atomic mass is 16.5. The standard InChI is InChI=1S/C16H17N3O3/c1-18-15(20)17-19(16(18)21)13-7-3-11(4-8-13)12-5-9-14(22-2)10-6-12/h3-11,13H,1-2H3,(H,17,20). The van der Waals surface area contributed by atoms with Crippen molar-refractivity contribution < 1.29 is 4.74 Å². The van der Waals surface area contributed by atoms with Crippen LogP contribution in [0.15, 0.2) is 58.2 Å². The fourth-order valence-corrected chi connectivity index (χ4v) is 2.49. The number of hydrogen-bond acceptors (Lipinski definition) is 3. The molecule has 6 nitrogen and oxygen atoms in total. The molecule has 114 valence electrons. The van der Waals surface area contributed by atoms with Crippen molar-refractivity contribution in [1.29, 1.82) is 0 Å². The molecule has 0 spiro atoms. The van der Waals surface area contributed by atoms with E-state index in [2.05, 4.69) is 5.10 Å². The summed E-state index contributed by atoms with van der Waals surface area (Å²) in [4.78, 5) is 23.4. The molecule has 0 fully saturated rings. The SMILES string of the molecule is COc1ccc(C2C=CC(n3[nH]c(=O)n(C)c3=O)C=C2)cc1. The van der Waals surface area contributed by atoms with Crippen LogP contribution in [0.5, 0.6) is 5.75 Å². The van der Waals surface area contributed by atoms with E-state index in [0.717, 1.165) is 15.9 Å². The molecule has 1 aliphatic rings. The highest BCUT2D eigenvalue weighted by Gasteiger charge is 2.16. The van der Waals surface area contributed by atoms with Crippen molar-refractivity contribution >= 4 is 0 Å². The Morgan fingerprint density at radius 3 is 2.18 bits per heavy atom. The van der Waals surface area contributed by atoms with Gasteiger partial charge in [0.1, 0.15) is 5.75 Å². The number of hydrogen-bond donors (Lipinski definition) is 1. The molecule has 0 atom stereocenters. The molecule has 6 heteroatoms. The number of methoxy groups -OCH3 is 1. The first-order valence-corrected chi connectivity index (χ1v) is 6.98. The molecule has 0 aliphatic heterocycles. The maximum Gasteiger partial charge on any atom is 0.347 e. The first-order chi connectivity index (χ1) is 10.6. The predicted octanol–water partition coefficient (Wildman–Crippen LogP) is 1.33. The summed E-state index contributed by atoms with van der Waals surface area (Å²) in [5.74, 6) is 0.965. The summed E-state index contributed by atoms with van der Waals surface area (Å²) in [6.07, 6.45) is 7.85. The summed E-state index contributed by atoms with van der Waals surface area (Å²) >= 11 is 0. The molecule has 1 N–H and O–H groups in total. The third kappa shape index (κ3) is 2.43. The zero-order valence-corrected chi connectivity index (χ0v) is 12.4. The van der Waals surface area contributed by atoms with Gasteiger partial charge in [-0.3, -0.25) is 0 Å². The summed E-state index contributed by atoms with van der Waals surface area (Å²) in [5.41, 5.74) is 0.372. The fourth-order valence-electron chi connectivity index (χ4n) is 2.49. The zero-order valence-electron chi connectivity index (χ0n) is 12.4. The number of benzene rings is 1. The van der Waals surface area contributed by atoms with Gasteiger partial charge in [0.25, 0.3) is 0 Å². The number of nitrogens with one attached hydrogen (secondary N) is 1. The van der Waals surface area contributed by atoms with Crippen molar-refractivity contribution in [3.8, 4) is 5.75 Å². The van der Waals surface area contributed by atoms with Crippen LogP contribution in [0.2, 0.25) is 0 Å². The average Bonchev–Trinajstić information content (AvgIpc) is 2.83. The van der Waals surface area contributed by atoms with Crippen LogP contribution in [-0.2, 0) is 7.05 Å². The van der Waals surface area contributed by atoms with E-state index in [4.69, 9.17) is 4.74 Å². The first-order valence-electron chi connectivity index (χ1n) is 6.98. The van der Waals surface area contributed by atoms with Gasteiger partial charge in [0.05, 0.1) is 13.2 Å². The van der Waals surface area contributed by atoms with E-state index in [9.17, 15) is 9.59 Å². The Bertz CT molecular complexity index is 823. The van der Waals surface area contributed by atoms with E-state index in [0.29, 0.717) is 0 Å². The molecule has 22 heavy (non-hydrogen) atoms. The zero-order chi connectivity index (χ0) is 15.7. The molecule has 0 amide bonds. The minimum Gasteiger partial charge on any atom is -0.497 e. The number of ether oxygens (including phenoxy) is 1. The lowest BCUT2D eigenvalue weighted by Crippen LogP contribution is -2.27. The van der Waals surface area contributed by atoms with Gasteiger partial charge in [0.15, 0.2) is 0 Å². The van der Waals surface area contributed by atoms with Crippen LogP contribution in [0.4, 0.5) is 0 Å². The molecule has 2 aromatic rings. The number of rotatable bonds is 3. The number of H-pyrrole nitrogens is 1. The summed E-state index contributed by atoms with van der Waals surface area (Å²) in [7, 11) is 3.09. The monoisotopic (exact) mass is 299 g/mol.